The summed E-state index contributed by atoms with van der Waals surface area (Å²) < 4.78 is 119. The van der Waals surface area contributed by atoms with Crippen LogP contribution in [-0.4, -0.2) is 275 Å². The summed E-state index contributed by atoms with van der Waals surface area (Å²) in [6.07, 6.45) is -11.4. The van der Waals surface area contributed by atoms with Crippen LogP contribution in [-0.2, 0) is 87.5 Å². The van der Waals surface area contributed by atoms with E-state index in [-0.39, 0.29) is 89.3 Å². The third-order valence-electron chi connectivity index (χ3n) is 22.3. The summed E-state index contributed by atoms with van der Waals surface area (Å²) in [7, 11) is 7.80. The van der Waals surface area contributed by atoms with Gasteiger partial charge in [0.2, 0.25) is 70.9 Å². The van der Waals surface area contributed by atoms with Gasteiger partial charge in [0.25, 0.3) is 0 Å². The Bertz CT molecular complexity index is 3620. The Morgan fingerprint density at radius 1 is 0.620 bits per heavy atom. The Labute approximate surface area is 623 Å². The summed E-state index contributed by atoms with van der Waals surface area (Å²) in [4.78, 5) is 191. The van der Waals surface area contributed by atoms with Gasteiger partial charge in [-0.3, -0.25) is 57.5 Å². The predicted octanol–water partition coefficient (Wildman–Crippen LogP) is 4.30. The van der Waals surface area contributed by atoms with Crippen LogP contribution in [0.4, 0.5) is 35.1 Å². The number of aliphatic hydroxyl groups excluding tert-OH is 1. The van der Waals surface area contributed by atoms with Gasteiger partial charge in [-0.1, -0.05) is 59.1 Å². The van der Waals surface area contributed by atoms with Crippen LogP contribution in [0.25, 0.3) is 0 Å². The highest BCUT2D eigenvalue weighted by atomic mass is 19.4. The molecule has 26 nitrogen and oxygen atoms in total. The minimum Gasteiger partial charge on any atom is -0.390 e. The van der Waals surface area contributed by atoms with Crippen LogP contribution in [0.2, 0.25) is 0 Å². The van der Waals surface area contributed by atoms with Gasteiger partial charge in [-0.2, -0.15) is 26.3 Å². The SMILES string of the molecule is CC[C@H](C)[C@@H]1NC(=O)[C@H](CC(C)C)N(C)C(=O)C[C@@H](C(=O)N2CCOCC2)N(C)C(=O)[C@H](C2CCCC2)N(C)C(=O)C2(CCC2)NC(=O)[C@@H]2[C@H](O)CCN2C(=O)[C@H](CCc2cc(F)c(C(F)(F)F)c(F)c2)NC(=O)CN(C)C(=O)[C@H](Cc2ccc(C(F)(F)F)cc2)N2CCCC[C@@H](C2=O)N(C)C(=O)CN(C)C1=O. The lowest BCUT2D eigenvalue weighted by Gasteiger charge is -2.47. The van der Waals surface area contributed by atoms with Gasteiger partial charge < -0.3 is 69.9 Å². The van der Waals surface area contributed by atoms with Crippen molar-refractivity contribution in [3.63, 3.8) is 0 Å². The molecule has 2 aromatic rings. The lowest BCUT2D eigenvalue weighted by Crippen LogP contribution is -2.69. The van der Waals surface area contributed by atoms with Crippen molar-refractivity contribution in [2.45, 2.75) is 209 Å². The molecule has 0 radical (unpaired) electrons. The Morgan fingerprint density at radius 2 is 1.23 bits per heavy atom. The van der Waals surface area contributed by atoms with Crippen molar-refractivity contribution in [1.82, 2.24) is 60.0 Å². The van der Waals surface area contributed by atoms with Crippen LogP contribution in [0.15, 0.2) is 36.4 Å². The number of nitrogens with zero attached hydrogens (tertiary/aromatic N) is 9. The molecule has 6 aliphatic rings. The van der Waals surface area contributed by atoms with E-state index in [1.165, 1.54) is 45.0 Å². The molecule has 108 heavy (non-hydrogen) atoms. The van der Waals surface area contributed by atoms with E-state index in [2.05, 4.69) is 16.0 Å². The fraction of sp³-hybridized carbons (Fsp3) is 0.676. The van der Waals surface area contributed by atoms with E-state index in [1.54, 1.807) is 27.7 Å². The fourth-order valence-corrected chi connectivity index (χ4v) is 15.5. The Hall–Kier alpha value is -8.56. The van der Waals surface area contributed by atoms with Crippen molar-refractivity contribution >= 4 is 70.9 Å². The molecule has 4 heterocycles. The van der Waals surface area contributed by atoms with E-state index in [9.17, 15) is 50.6 Å². The zero-order valence-electron chi connectivity index (χ0n) is 62.9. The van der Waals surface area contributed by atoms with Gasteiger partial charge in [-0.15, -0.1) is 0 Å². The summed E-state index contributed by atoms with van der Waals surface area (Å²) in [6, 6.07) is -7.74. The molecule has 2 aromatic carbocycles. The van der Waals surface area contributed by atoms with Crippen molar-refractivity contribution < 1.29 is 103 Å². The van der Waals surface area contributed by atoms with E-state index < -0.39 is 229 Å². The Morgan fingerprint density at radius 3 is 1.81 bits per heavy atom. The van der Waals surface area contributed by atoms with Crippen LogP contribution in [0, 0.1) is 29.4 Å². The van der Waals surface area contributed by atoms with Gasteiger partial charge in [0.05, 0.1) is 44.4 Å². The molecule has 0 aromatic heterocycles. The van der Waals surface area contributed by atoms with Crippen LogP contribution >= 0.6 is 0 Å². The maximum absolute atomic E-state index is 15.6. The molecule has 12 amide bonds. The van der Waals surface area contributed by atoms with E-state index in [1.807, 2.05) is 0 Å². The molecule has 6 fully saturated rings. The molecular weight excluding hydrogens is 1430 g/mol. The summed E-state index contributed by atoms with van der Waals surface area (Å²) in [5.41, 5.74) is -5.37. The first-order chi connectivity index (χ1) is 50.7. The van der Waals surface area contributed by atoms with Gasteiger partial charge in [0.1, 0.15) is 71.1 Å². The molecule has 2 aliphatic carbocycles. The maximum atomic E-state index is 15.6. The first kappa shape index (κ1) is 85.1. The number of nitrogens with one attached hydrogen (secondary N) is 3. The third kappa shape index (κ3) is 19.7. The quantitative estimate of drug-likeness (QED) is 0.228. The zero-order chi connectivity index (χ0) is 79.8. The number of hydrogen-bond donors (Lipinski definition) is 4. The smallest absolute Gasteiger partial charge is 0.390 e. The van der Waals surface area contributed by atoms with Crippen molar-refractivity contribution in [2.24, 2.45) is 17.8 Å². The number of carbonyl (C=O) groups excluding carboxylic acids is 12. The number of aliphatic hydroxyl groups is 1. The number of benzene rings is 2. The lowest BCUT2D eigenvalue weighted by atomic mass is 9.74. The highest BCUT2D eigenvalue weighted by molar-refractivity contribution is 6.01. The van der Waals surface area contributed by atoms with Crippen LogP contribution < -0.4 is 16.0 Å². The van der Waals surface area contributed by atoms with Gasteiger partial charge in [-0.25, -0.2) is 8.78 Å². The van der Waals surface area contributed by atoms with Crippen LogP contribution in [0.1, 0.15) is 146 Å². The normalized spacial score (nSPS) is 26.7. The van der Waals surface area contributed by atoms with Gasteiger partial charge in [0.15, 0.2) is 0 Å². The number of morpholine rings is 1. The molecule has 10 atom stereocenters. The van der Waals surface area contributed by atoms with Crippen molar-refractivity contribution in [3.05, 3.63) is 70.3 Å². The molecule has 4 N–H and O–H groups in total. The maximum Gasteiger partial charge on any atom is 0.422 e. The van der Waals surface area contributed by atoms with Gasteiger partial charge >= 0.3 is 12.4 Å². The average Bonchev–Trinajstić information content (AvgIpc) is 0.949. The second-order valence-corrected chi connectivity index (χ2v) is 30.2. The van der Waals surface area contributed by atoms with E-state index in [0.29, 0.717) is 50.7 Å². The van der Waals surface area contributed by atoms with E-state index in [0.717, 1.165) is 65.6 Å². The molecule has 34 heteroatoms. The van der Waals surface area contributed by atoms with Crippen molar-refractivity contribution in [2.75, 3.05) is 94.8 Å². The fourth-order valence-electron chi connectivity index (χ4n) is 15.5. The molecule has 2 saturated carbocycles. The third-order valence-corrected chi connectivity index (χ3v) is 22.3. The molecule has 4 aliphatic heterocycles. The molecular formula is C74H102F8N12O14. The number of likely N-dealkylation sites (N-methyl/N-ethyl adjacent to an activating group) is 6. The largest absolute Gasteiger partial charge is 0.422 e. The zero-order valence-corrected chi connectivity index (χ0v) is 62.9. The number of fused-ring (bicyclic) bond motifs is 3. The number of aryl methyl sites for hydroxylation is 1. The molecule has 8 rings (SSSR count). The topological polar surface area (TPSA) is 300 Å². The second kappa shape index (κ2) is 35.9. The van der Waals surface area contributed by atoms with Crippen molar-refractivity contribution in [1.29, 1.82) is 0 Å². The number of halogens is 8. The highest BCUT2D eigenvalue weighted by Crippen LogP contribution is 2.40. The Balaban J connectivity index is 1.21. The van der Waals surface area contributed by atoms with Gasteiger partial charge in [-0.05, 0) is 130 Å². The van der Waals surface area contributed by atoms with Crippen LogP contribution in [0.3, 0.4) is 0 Å². The van der Waals surface area contributed by atoms with Crippen molar-refractivity contribution in [3.8, 4) is 0 Å². The number of ether oxygens (including phenoxy) is 1. The highest BCUT2D eigenvalue weighted by Gasteiger charge is 2.54. The average molecular weight is 1540 g/mol. The number of amides is 12. The minimum absolute atomic E-state index is 0.00742. The monoisotopic (exact) mass is 1530 g/mol. The minimum atomic E-state index is -5.47. The number of alkyl halides is 6. The molecule has 1 spiro atoms. The summed E-state index contributed by atoms with van der Waals surface area (Å²) >= 11 is 0. The lowest BCUT2D eigenvalue weighted by molar-refractivity contribution is -0.159. The summed E-state index contributed by atoms with van der Waals surface area (Å²) in [5.74, 6) is -15.8. The van der Waals surface area contributed by atoms with E-state index >= 15 is 47.1 Å². The first-order valence-electron chi connectivity index (χ1n) is 37.0. The number of carbonyl (C=O) groups is 12. The summed E-state index contributed by atoms with van der Waals surface area (Å²) in [5, 5.41) is 19.8. The Kier molecular flexibility index (Phi) is 28.2. The van der Waals surface area contributed by atoms with Crippen LogP contribution in [0.5, 0.6) is 0 Å². The molecule has 0 unspecified atom stereocenters. The number of rotatable bonds is 11. The van der Waals surface area contributed by atoms with E-state index in [4.69, 9.17) is 4.74 Å². The number of hydrogen-bond acceptors (Lipinski definition) is 14. The predicted molar refractivity (Wildman–Crippen MR) is 373 cm³/mol. The second-order valence-electron chi connectivity index (χ2n) is 30.2. The summed E-state index contributed by atoms with van der Waals surface area (Å²) in [6.45, 7) is 5.27. The molecule has 598 valence electrons. The molecule has 2 bridgehead atoms. The van der Waals surface area contributed by atoms with Gasteiger partial charge in [0, 0.05) is 74.9 Å². The molecule has 4 saturated heterocycles. The first-order valence-corrected chi connectivity index (χ1v) is 37.0. The standard InChI is InChI=1S/C74H102F8N12O14/c1-11-43(4)60-69(105)87(6)41-58(98)88(7)51-19-14-15-29-93(68(51)104)54(38-44-20-23-47(24-21-44)73(77,78)79)66(102)86(5)40-56(96)83-50(25-22-45-36-48(75)59(49(76)37-45)74(80,81)82)65(101)94-30-26-55(95)62(94)64(100)85-72(27-16-28-72)71(107)91(10)61(46-17-12-13-18-46)70(106)90(9)53(67(103)92-31-33-108-34-32-92)39-57(97)89(8)52(35-42(2)3)63(99)84-60/h20-21,23-24,36-37,42-43,46,50-55,60-62,95H,11-19,22,25-35,38-41H2,1-10H3,(H,83,96)(H,84,99)(H,85,100)/t43-,50-,51-,52-,53-,54-,55+,60-,61-,62-/m0/s1.